The highest BCUT2D eigenvalue weighted by Crippen LogP contribution is 2.05. The molecule has 3 nitrogen and oxygen atoms in total. The van der Waals surface area contributed by atoms with Gasteiger partial charge < -0.3 is 11.1 Å². The number of nitrogens with one attached hydrogen (secondary N) is 1. The van der Waals surface area contributed by atoms with Gasteiger partial charge in [0.25, 0.3) is 0 Å². The fourth-order valence-corrected chi connectivity index (χ4v) is 1.98. The molecule has 0 aliphatic heterocycles. The Bertz CT molecular complexity index is 362. The van der Waals surface area contributed by atoms with Gasteiger partial charge in [0.2, 0.25) is 5.91 Å². The average Bonchev–Trinajstić information content (AvgIpc) is 2.38. The van der Waals surface area contributed by atoms with E-state index in [0.29, 0.717) is 6.42 Å². The lowest BCUT2D eigenvalue weighted by molar-refractivity contribution is -0.122. The molecule has 1 atom stereocenters. The van der Waals surface area contributed by atoms with Crippen LogP contribution in [0.3, 0.4) is 0 Å². The van der Waals surface area contributed by atoms with E-state index in [1.165, 1.54) is 6.42 Å². The topological polar surface area (TPSA) is 55.1 Å². The highest BCUT2D eigenvalue weighted by molar-refractivity contribution is 5.81. The highest BCUT2D eigenvalue weighted by Gasteiger charge is 2.12. The van der Waals surface area contributed by atoms with Crippen LogP contribution < -0.4 is 11.1 Å². The molecule has 0 saturated carbocycles. The van der Waals surface area contributed by atoms with Crippen LogP contribution >= 0.6 is 0 Å². The highest BCUT2D eigenvalue weighted by atomic mass is 16.2. The van der Waals surface area contributed by atoms with E-state index in [2.05, 4.69) is 19.2 Å². The number of rotatable bonds is 8. The first-order valence-corrected chi connectivity index (χ1v) is 7.17. The van der Waals surface area contributed by atoms with Gasteiger partial charge in [0.15, 0.2) is 0 Å². The van der Waals surface area contributed by atoms with Crippen LogP contribution in [0.1, 0.15) is 38.7 Å². The second kappa shape index (κ2) is 8.70. The molecule has 0 aliphatic carbocycles. The van der Waals surface area contributed by atoms with E-state index in [1.807, 2.05) is 30.3 Å². The van der Waals surface area contributed by atoms with Crippen LogP contribution in [0.15, 0.2) is 30.3 Å². The summed E-state index contributed by atoms with van der Waals surface area (Å²) in [6.45, 7) is 5.16. The zero-order valence-electron chi connectivity index (χ0n) is 12.1. The smallest absolute Gasteiger partial charge is 0.237 e. The lowest BCUT2D eigenvalue weighted by atomic mass is 10.1. The van der Waals surface area contributed by atoms with E-state index in [-0.39, 0.29) is 5.91 Å². The second-order valence-corrected chi connectivity index (χ2v) is 5.48. The molecule has 1 aromatic rings. The minimum atomic E-state index is -0.451. The Morgan fingerprint density at radius 3 is 2.53 bits per heavy atom. The van der Waals surface area contributed by atoms with Gasteiger partial charge in [0.1, 0.15) is 0 Å². The second-order valence-electron chi connectivity index (χ2n) is 5.48. The van der Waals surface area contributed by atoms with E-state index in [1.54, 1.807) is 0 Å². The normalized spacial score (nSPS) is 12.4. The molecule has 0 fully saturated rings. The summed E-state index contributed by atoms with van der Waals surface area (Å²) in [6, 6.07) is 9.43. The van der Waals surface area contributed by atoms with Crippen molar-refractivity contribution in [1.82, 2.24) is 5.32 Å². The monoisotopic (exact) mass is 262 g/mol. The number of unbranched alkanes of at least 4 members (excludes halogenated alkanes) is 1. The van der Waals surface area contributed by atoms with E-state index in [9.17, 15) is 4.79 Å². The van der Waals surface area contributed by atoms with Crippen molar-refractivity contribution in [3.8, 4) is 0 Å². The number of benzene rings is 1. The summed E-state index contributed by atoms with van der Waals surface area (Å²) in [7, 11) is 0. The quantitative estimate of drug-likeness (QED) is 0.707. The van der Waals surface area contributed by atoms with Crippen LogP contribution in [-0.4, -0.2) is 18.5 Å². The largest absolute Gasteiger partial charge is 0.355 e. The molecule has 0 aromatic heterocycles. The Morgan fingerprint density at radius 1 is 1.21 bits per heavy atom. The third-order valence-corrected chi connectivity index (χ3v) is 3.14. The van der Waals surface area contributed by atoms with Crippen molar-refractivity contribution in [2.75, 3.05) is 6.54 Å². The van der Waals surface area contributed by atoms with E-state index < -0.39 is 6.04 Å². The van der Waals surface area contributed by atoms with Gasteiger partial charge in [-0.15, -0.1) is 0 Å². The van der Waals surface area contributed by atoms with Gasteiger partial charge in [-0.25, -0.2) is 0 Å². The first-order valence-electron chi connectivity index (χ1n) is 7.17. The standard InChI is InChI=1S/C16H26N2O/c1-13(2)8-6-7-11-18-16(19)15(17)12-14-9-4-3-5-10-14/h3-5,9-10,13,15H,6-8,11-12,17H2,1-2H3,(H,18,19)/t15-/m1/s1. The van der Waals surface area contributed by atoms with Gasteiger partial charge in [0.05, 0.1) is 6.04 Å². The third kappa shape index (κ3) is 6.97. The van der Waals surface area contributed by atoms with Gasteiger partial charge in [-0.1, -0.05) is 57.0 Å². The Labute approximate surface area is 116 Å². The van der Waals surface area contributed by atoms with Crippen molar-refractivity contribution < 1.29 is 4.79 Å². The Balaban J connectivity index is 2.18. The van der Waals surface area contributed by atoms with Crippen LogP contribution in [0.2, 0.25) is 0 Å². The Morgan fingerprint density at radius 2 is 1.89 bits per heavy atom. The lowest BCUT2D eigenvalue weighted by Crippen LogP contribution is -2.42. The summed E-state index contributed by atoms with van der Waals surface area (Å²) in [5, 5.41) is 2.91. The van der Waals surface area contributed by atoms with Crippen molar-refractivity contribution in [3.63, 3.8) is 0 Å². The Hall–Kier alpha value is -1.35. The van der Waals surface area contributed by atoms with Gasteiger partial charge in [0, 0.05) is 6.54 Å². The molecule has 0 saturated heterocycles. The molecule has 0 aliphatic rings. The maximum atomic E-state index is 11.8. The predicted octanol–water partition coefficient (Wildman–Crippen LogP) is 2.50. The van der Waals surface area contributed by atoms with Gasteiger partial charge in [-0.3, -0.25) is 4.79 Å². The maximum Gasteiger partial charge on any atom is 0.237 e. The fourth-order valence-electron chi connectivity index (χ4n) is 1.98. The summed E-state index contributed by atoms with van der Waals surface area (Å²) in [6.07, 6.45) is 4.00. The molecule has 0 radical (unpaired) electrons. The first kappa shape index (κ1) is 15.7. The van der Waals surface area contributed by atoms with Crippen LogP contribution in [0.5, 0.6) is 0 Å². The van der Waals surface area contributed by atoms with E-state index in [4.69, 9.17) is 5.73 Å². The summed E-state index contributed by atoms with van der Waals surface area (Å²) < 4.78 is 0. The van der Waals surface area contributed by atoms with Crippen LogP contribution in [-0.2, 0) is 11.2 Å². The molecule has 3 N–H and O–H groups in total. The first-order chi connectivity index (χ1) is 9.09. The van der Waals surface area contributed by atoms with Crippen molar-refractivity contribution >= 4 is 5.91 Å². The number of amides is 1. The van der Waals surface area contributed by atoms with Crippen LogP contribution in [0.25, 0.3) is 0 Å². The third-order valence-electron chi connectivity index (χ3n) is 3.14. The van der Waals surface area contributed by atoms with Gasteiger partial charge in [-0.05, 0) is 24.3 Å². The molecule has 0 unspecified atom stereocenters. The minimum absolute atomic E-state index is 0.0478. The molecule has 106 valence electrons. The molecular formula is C16H26N2O. The van der Waals surface area contributed by atoms with Crippen molar-refractivity contribution in [3.05, 3.63) is 35.9 Å². The summed E-state index contributed by atoms with van der Waals surface area (Å²) in [5.74, 6) is 0.685. The molecule has 3 heteroatoms. The zero-order chi connectivity index (χ0) is 14.1. The minimum Gasteiger partial charge on any atom is -0.355 e. The maximum absolute atomic E-state index is 11.8. The number of hydrogen-bond acceptors (Lipinski definition) is 2. The van der Waals surface area contributed by atoms with E-state index in [0.717, 1.165) is 30.9 Å². The fraction of sp³-hybridized carbons (Fsp3) is 0.562. The molecule has 0 heterocycles. The number of hydrogen-bond donors (Lipinski definition) is 2. The predicted molar refractivity (Wildman–Crippen MR) is 79.8 cm³/mol. The average molecular weight is 262 g/mol. The SMILES string of the molecule is CC(C)CCCCNC(=O)[C@H](N)Cc1ccccc1. The lowest BCUT2D eigenvalue weighted by Gasteiger charge is -2.12. The summed E-state index contributed by atoms with van der Waals surface area (Å²) >= 11 is 0. The number of carbonyl (C=O) groups excluding carboxylic acids is 1. The summed E-state index contributed by atoms with van der Waals surface area (Å²) in [5.41, 5.74) is 7.00. The van der Waals surface area contributed by atoms with Gasteiger partial charge in [-0.2, -0.15) is 0 Å². The van der Waals surface area contributed by atoms with Crippen molar-refractivity contribution in [2.24, 2.45) is 11.7 Å². The molecular weight excluding hydrogens is 236 g/mol. The zero-order valence-corrected chi connectivity index (χ0v) is 12.1. The molecule has 0 spiro atoms. The number of nitrogens with two attached hydrogens (primary N) is 1. The van der Waals surface area contributed by atoms with Crippen LogP contribution in [0.4, 0.5) is 0 Å². The molecule has 0 bridgehead atoms. The Kier molecular flexibility index (Phi) is 7.19. The summed E-state index contributed by atoms with van der Waals surface area (Å²) in [4.78, 5) is 11.8. The molecule has 1 amide bonds. The molecule has 19 heavy (non-hydrogen) atoms. The van der Waals surface area contributed by atoms with Gasteiger partial charge >= 0.3 is 0 Å². The molecule has 1 rings (SSSR count). The van der Waals surface area contributed by atoms with E-state index >= 15 is 0 Å². The van der Waals surface area contributed by atoms with Crippen molar-refractivity contribution in [1.29, 1.82) is 0 Å². The van der Waals surface area contributed by atoms with Crippen molar-refractivity contribution in [2.45, 2.75) is 45.6 Å². The number of carbonyl (C=O) groups is 1. The van der Waals surface area contributed by atoms with Crippen LogP contribution in [0, 0.1) is 5.92 Å². The molecule has 1 aromatic carbocycles.